The van der Waals surface area contributed by atoms with Gasteiger partial charge in [0.05, 0.1) is 25.2 Å². The van der Waals surface area contributed by atoms with Gasteiger partial charge in [0, 0.05) is 44.3 Å². The van der Waals surface area contributed by atoms with Gasteiger partial charge in [0.1, 0.15) is 0 Å². The number of ether oxygens (including phenoxy) is 2. The fraction of sp³-hybridized carbons (Fsp3) is 0.562. The molecule has 39 heavy (non-hydrogen) atoms. The molecule has 6 rings (SSSR count). The number of hydrogen-bond donors (Lipinski definition) is 0. The molecule has 2 aromatic rings. The smallest absolute Gasteiger partial charge is 0.254 e. The summed E-state index contributed by atoms with van der Waals surface area (Å²) >= 11 is 0. The van der Waals surface area contributed by atoms with E-state index in [0.29, 0.717) is 37.1 Å². The van der Waals surface area contributed by atoms with Crippen LogP contribution in [0.3, 0.4) is 0 Å². The highest BCUT2D eigenvalue weighted by Crippen LogP contribution is 2.49. The van der Waals surface area contributed by atoms with Gasteiger partial charge in [-0.1, -0.05) is 37.5 Å². The second-order valence-electron chi connectivity index (χ2n) is 11.3. The molecular formula is C32H41N3O4. The minimum atomic E-state index is -0.438. The number of hydrogen-bond acceptors (Lipinski definition) is 5. The van der Waals surface area contributed by atoms with Crippen LogP contribution in [0.4, 0.5) is 0 Å². The van der Waals surface area contributed by atoms with Gasteiger partial charge in [0.25, 0.3) is 5.91 Å². The number of carbonyl (C=O) groups is 2. The van der Waals surface area contributed by atoms with Gasteiger partial charge in [-0.25, -0.2) is 0 Å². The number of rotatable bonds is 6. The standard InChI is InChI=1S/C32H41N3O4/c1-3-38-27-20-22-14-15-35-30(26(22)21-28(27)39-4-2)29(24-12-8-9-13-25(24)31(35)36)32(37)34-18-16-33(17-19-34)23-10-6-5-7-11-23/h8-9,12-13,20-21,23,29-30H,3-7,10-11,14-19H2,1-2H3/t29-,30-/m1/s1. The molecule has 1 saturated heterocycles. The quantitative estimate of drug-likeness (QED) is 0.536. The molecule has 7 nitrogen and oxygen atoms in total. The topological polar surface area (TPSA) is 62.3 Å². The summed E-state index contributed by atoms with van der Waals surface area (Å²) in [5, 5.41) is 0. The van der Waals surface area contributed by atoms with E-state index in [4.69, 9.17) is 9.47 Å². The van der Waals surface area contributed by atoms with Gasteiger partial charge < -0.3 is 19.3 Å². The Morgan fingerprint density at radius 1 is 0.872 bits per heavy atom. The zero-order valence-electron chi connectivity index (χ0n) is 23.4. The van der Waals surface area contributed by atoms with Gasteiger partial charge in [-0.3, -0.25) is 14.5 Å². The van der Waals surface area contributed by atoms with E-state index in [0.717, 1.165) is 55.0 Å². The molecule has 0 radical (unpaired) electrons. The van der Waals surface area contributed by atoms with E-state index in [2.05, 4.69) is 15.9 Å². The first-order valence-electron chi connectivity index (χ1n) is 15.0. The molecule has 2 fully saturated rings. The average Bonchev–Trinajstić information content (AvgIpc) is 2.98. The van der Waals surface area contributed by atoms with E-state index in [-0.39, 0.29) is 17.9 Å². The number of amides is 2. The fourth-order valence-electron chi connectivity index (χ4n) is 7.29. The van der Waals surface area contributed by atoms with E-state index in [1.54, 1.807) is 0 Å². The highest BCUT2D eigenvalue weighted by atomic mass is 16.5. The third-order valence-corrected chi connectivity index (χ3v) is 9.17. The molecule has 0 unspecified atom stereocenters. The predicted molar refractivity (Wildman–Crippen MR) is 150 cm³/mol. The van der Waals surface area contributed by atoms with Crippen molar-refractivity contribution < 1.29 is 19.1 Å². The summed E-state index contributed by atoms with van der Waals surface area (Å²) in [4.78, 5) is 34.8. The number of benzene rings is 2. The van der Waals surface area contributed by atoms with Gasteiger partial charge in [-0.2, -0.15) is 0 Å². The first kappa shape index (κ1) is 26.2. The predicted octanol–water partition coefficient (Wildman–Crippen LogP) is 4.80. The van der Waals surface area contributed by atoms with Gasteiger partial charge in [0.15, 0.2) is 11.5 Å². The average molecular weight is 532 g/mol. The molecule has 2 atom stereocenters. The van der Waals surface area contributed by atoms with Crippen LogP contribution in [0.5, 0.6) is 11.5 Å². The van der Waals surface area contributed by atoms with Crippen LogP contribution in [0.15, 0.2) is 36.4 Å². The maximum atomic E-state index is 14.5. The molecule has 3 heterocycles. The number of fused-ring (bicyclic) bond motifs is 4. The van der Waals surface area contributed by atoms with Crippen LogP contribution in [0.1, 0.15) is 85.0 Å². The molecular weight excluding hydrogens is 490 g/mol. The van der Waals surface area contributed by atoms with Crippen LogP contribution in [0.2, 0.25) is 0 Å². The Morgan fingerprint density at radius 2 is 1.56 bits per heavy atom. The molecule has 0 spiro atoms. The highest BCUT2D eigenvalue weighted by Gasteiger charge is 2.48. The van der Waals surface area contributed by atoms with Gasteiger partial charge in [0.2, 0.25) is 5.91 Å². The minimum absolute atomic E-state index is 0.0132. The second-order valence-corrected chi connectivity index (χ2v) is 11.3. The fourth-order valence-corrected chi connectivity index (χ4v) is 7.29. The molecule has 1 aliphatic carbocycles. The molecule has 2 aromatic carbocycles. The van der Waals surface area contributed by atoms with Gasteiger partial charge in [-0.05, 0) is 68.0 Å². The molecule has 3 aliphatic heterocycles. The molecule has 0 aromatic heterocycles. The first-order chi connectivity index (χ1) is 19.1. The second kappa shape index (κ2) is 11.2. The summed E-state index contributed by atoms with van der Waals surface area (Å²) in [6, 6.07) is 12.1. The van der Waals surface area contributed by atoms with Gasteiger partial charge in [-0.15, -0.1) is 0 Å². The highest BCUT2D eigenvalue weighted by molar-refractivity contribution is 6.01. The van der Waals surface area contributed by atoms with Crippen molar-refractivity contribution in [2.24, 2.45) is 0 Å². The van der Waals surface area contributed by atoms with Crippen molar-refractivity contribution in [2.45, 2.75) is 70.4 Å². The third-order valence-electron chi connectivity index (χ3n) is 9.17. The minimum Gasteiger partial charge on any atom is -0.490 e. The van der Waals surface area contributed by atoms with Crippen molar-refractivity contribution in [2.75, 3.05) is 45.9 Å². The molecule has 7 heteroatoms. The molecule has 4 aliphatic rings. The lowest BCUT2D eigenvalue weighted by Crippen LogP contribution is -2.56. The molecule has 0 bridgehead atoms. The maximum absolute atomic E-state index is 14.5. The molecule has 0 N–H and O–H groups in total. The summed E-state index contributed by atoms with van der Waals surface area (Å²) in [6.45, 7) is 8.93. The van der Waals surface area contributed by atoms with Crippen LogP contribution < -0.4 is 9.47 Å². The lowest BCUT2D eigenvalue weighted by atomic mass is 9.75. The van der Waals surface area contributed by atoms with E-state index in [9.17, 15) is 9.59 Å². The van der Waals surface area contributed by atoms with E-state index >= 15 is 0 Å². The molecule has 208 valence electrons. The summed E-state index contributed by atoms with van der Waals surface area (Å²) in [5.41, 5.74) is 3.65. The van der Waals surface area contributed by atoms with Crippen molar-refractivity contribution in [1.82, 2.24) is 14.7 Å². The van der Waals surface area contributed by atoms with Crippen LogP contribution >= 0.6 is 0 Å². The van der Waals surface area contributed by atoms with E-state index in [1.807, 2.05) is 49.1 Å². The van der Waals surface area contributed by atoms with Crippen LogP contribution in [-0.2, 0) is 11.2 Å². The Bertz CT molecular complexity index is 1220. The zero-order valence-corrected chi connectivity index (χ0v) is 23.4. The summed E-state index contributed by atoms with van der Waals surface area (Å²) < 4.78 is 11.9. The third kappa shape index (κ3) is 4.79. The Balaban J connectivity index is 1.35. The summed E-state index contributed by atoms with van der Waals surface area (Å²) in [5.74, 6) is 1.12. The Labute approximate surface area is 232 Å². The first-order valence-corrected chi connectivity index (χ1v) is 15.0. The number of carbonyl (C=O) groups excluding carboxylic acids is 2. The zero-order chi connectivity index (χ0) is 26.9. The Morgan fingerprint density at radius 3 is 2.28 bits per heavy atom. The SMILES string of the molecule is CCOc1cc2c(cc1OCC)[C@@H]1[C@H](C(=O)N3CCN(C4CCCCC4)CC3)c3ccccc3C(=O)N1CC2. The summed E-state index contributed by atoms with van der Waals surface area (Å²) in [6.07, 6.45) is 7.29. The van der Waals surface area contributed by atoms with E-state index < -0.39 is 5.92 Å². The lowest BCUT2D eigenvalue weighted by molar-refractivity contribution is -0.137. The molecule has 2 amide bonds. The van der Waals surface area contributed by atoms with Crippen LogP contribution in [-0.4, -0.2) is 78.5 Å². The van der Waals surface area contributed by atoms with Crippen molar-refractivity contribution in [1.29, 1.82) is 0 Å². The van der Waals surface area contributed by atoms with Crippen molar-refractivity contribution in [3.8, 4) is 11.5 Å². The van der Waals surface area contributed by atoms with Crippen molar-refractivity contribution in [3.05, 3.63) is 58.7 Å². The van der Waals surface area contributed by atoms with Crippen molar-refractivity contribution >= 4 is 11.8 Å². The normalized spacial score (nSPS) is 23.6. The molecule has 1 saturated carbocycles. The number of nitrogens with zero attached hydrogens (tertiary/aromatic N) is 3. The van der Waals surface area contributed by atoms with Crippen LogP contribution in [0.25, 0.3) is 0 Å². The van der Waals surface area contributed by atoms with Crippen LogP contribution in [0, 0.1) is 0 Å². The van der Waals surface area contributed by atoms with E-state index in [1.165, 1.54) is 32.1 Å². The largest absolute Gasteiger partial charge is 0.490 e. The Kier molecular flexibility index (Phi) is 7.52. The van der Waals surface area contributed by atoms with Crippen molar-refractivity contribution in [3.63, 3.8) is 0 Å². The summed E-state index contributed by atoms with van der Waals surface area (Å²) in [7, 11) is 0. The monoisotopic (exact) mass is 531 g/mol. The lowest BCUT2D eigenvalue weighted by Gasteiger charge is -2.47. The Hall–Kier alpha value is -3.06. The van der Waals surface area contributed by atoms with Gasteiger partial charge >= 0.3 is 0 Å². The number of piperazine rings is 1. The maximum Gasteiger partial charge on any atom is 0.254 e.